The van der Waals surface area contributed by atoms with Crippen LogP contribution in [0.4, 0.5) is 0 Å². The minimum absolute atomic E-state index is 0.119. The van der Waals surface area contributed by atoms with Gasteiger partial charge >= 0.3 is 0 Å². The molecular formula is C17H11NO4. The standard InChI is InChI=1S/C17H11NO4/c19-11-1-3-13-9(5-11)7-14(18-13)17(21)16-8-10-6-12(20)2-4-15(10)22-16/h1-8,18-20H. The van der Waals surface area contributed by atoms with E-state index in [-0.39, 0.29) is 23.0 Å². The molecule has 0 atom stereocenters. The maximum Gasteiger partial charge on any atom is 0.244 e. The van der Waals surface area contributed by atoms with Crippen LogP contribution >= 0.6 is 0 Å². The topological polar surface area (TPSA) is 86.5 Å². The van der Waals surface area contributed by atoms with E-state index in [4.69, 9.17) is 4.42 Å². The van der Waals surface area contributed by atoms with E-state index in [0.29, 0.717) is 16.7 Å². The van der Waals surface area contributed by atoms with Crippen molar-refractivity contribution in [3.05, 3.63) is 60.0 Å². The van der Waals surface area contributed by atoms with Gasteiger partial charge in [0.2, 0.25) is 5.78 Å². The minimum atomic E-state index is -0.286. The molecule has 0 saturated carbocycles. The number of benzene rings is 2. The third-order valence-electron chi connectivity index (χ3n) is 3.57. The summed E-state index contributed by atoms with van der Waals surface area (Å²) in [4.78, 5) is 15.5. The van der Waals surface area contributed by atoms with E-state index in [9.17, 15) is 15.0 Å². The fraction of sp³-hybridized carbons (Fsp3) is 0. The Morgan fingerprint density at radius 2 is 1.64 bits per heavy atom. The van der Waals surface area contributed by atoms with Crippen molar-refractivity contribution in [3.63, 3.8) is 0 Å². The van der Waals surface area contributed by atoms with Crippen LogP contribution < -0.4 is 0 Å². The predicted octanol–water partition coefficient (Wildman–Crippen LogP) is 3.56. The van der Waals surface area contributed by atoms with Gasteiger partial charge in [0.15, 0.2) is 5.76 Å². The SMILES string of the molecule is O=C(c1cc2cc(O)ccc2[nH]1)c1cc2cc(O)ccc2o1. The molecule has 108 valence electrons. The third kappa shape index (κ3) is 1.91. The molecule has 4 rings (SSSR count). The van der Waals surface area contributed by atoms with Crippen LogP contribution in [0.15, 0.2) is 52.9 Å². The summed E-state index contributed by atoms with van der Waals surface area (Å²) in [5, 5.41) is 20.3. The van der Waals surface area contributed by atoms with E-state index in [0.717, 1.165) is 10.9 Å². The predicted molar refractivity (Wildman–Crippen MR) is 81.3 cm³/mol. The highest BCUT2D eigenvalue weighted by Gasteiger charge is 2.17. The van der Waals surface area contributed by atoms with Gasteiger partial charge in [-0.3, -0.25) is 4.79 Å². The van der Waals surface area contributed by atoms with E-state index in [1.54, 1.807) is 42.5 Å². The molecule has 0 aliphatic rings. The maximum atomic E-state index is 12.5. The number of aromatic amines is 1. The van der Waals surface area contributed by atoms with Gasteiger partial charge in [0.25, 0.3) is 0 Å². The zero-order chi connectivity index (χ0) is 15.3. The second-order valence-electron chi connectivity index (χ2n) is 5.12. The van der Waals surface area contributed by atoms with Gasteiger partial charge in [-0.2, -0.15) is 0 Å². The van der Waals surface area contributed by atoms with Crippen LogP contribution in [0.25, 0.3) is 21.9 Å². The first-order valence-corrected chi connectivity index (χ1v) is 6.69. The van der Waals surface area contributed by atoms with Crippen LogP contribution in [-0.4, -0.2) is 21.0 Å². The van der Waals surface area contributed by atoms with Gasteiger partial charge in [0.05, 0.1) is 5.69 Å². The summed E-state index contributed by atoms with van der Waals surface area (Å²) in [6, 6.07) is 12.8. The Balaban J connectivity index is 1.80. The molecule has 0 saturated heterocycles. The van der Waals surface area contributed by atoms with E-state index in [1.807, 2.05) is 0 Å². The van der Waals surface area contributed by atoms with Gasteiger partial charge in [-0.1, -0.05) is 0 Å². The first kappa shape index (κ1) is 12.5. The number of aromatic nitrogens is 1. The quantitative estimate of drug-likeness (QED) is 0.493. The highest BCUT2D eigenvalue weighted by molar-refractivity contribution is 6.10. The summed E-state index contributed by atoms with van der Waals surface area (Å²) in [6.45, 7) is 0. The molecule has 2 heterocycles. The summed E-state index contributed by atoms with van der Waals surface area (Å²) < 4.78 is 5.53. The molecule has 0 bridgehead atoms. The molecule has 5 heteroatoms. The number of hydrogen-bond acceptors (Lipinski definition) is 4. The van der Waals surface area contributed by atoms with Gasteiger partial charge < -0.3 is 19.6 Å². The highest BCUT2D eigenvalue weighted by atomic mass is 16.3. The number of furan rings is 1. The Kier molecular flexibility index (Phi) is 2.50. The molecule has 0 fully saturated rings. The number of rotatable bonds is 2. The molecular weight excluding hydrogens is 282 g/mol. The molecule has 0 spiro atoms. The number of carbonyl (C=O) groups excluding carboxylic acids is 1. The molecule has 3 N–H and O–H groups in total. The third-order valence-corrected chi connectivity index (χ3v) is 3.57. The van der Waals surface area contributed by atoms with Crippen LogP contribution in [0, 0.1) is 0 Å². The summed E-state index contributed by atoms with van der Waals surface area (Å²) >= 11 is 0. The van der Waals surface area contributed by atoms with Crippen molar-refractivity contribution in [3.8, 4) is 11.5 Å². The monoisotopic (exact) mass is 293 g/mol. The first-order chi connectivity index (χ1) is 10.6. The number of fused-ring (bicyclic) bond motifs is 2. The van der Waals surface area contributed by atoms with Crippen molar-refractivity contribution in [2.45, 2.75) is 0 Å². The van der Waals surface area contributed by atoms with Gasteiger partial charge in [-0.05, 0) is 48.5 Å². The number of carbonyl (C=O) groups is 1. The van der Waals surface area contributed by atoms with E-state index >= 15 is 0 Å². The van der Waals surface area contributed by atoms with Gasteiger partial charge in [0, 0.05) is 16.3 Å². The summed E-state index contributed by atoms with van der Waals surface area (Å²) in [5.74, 6) is 0.167. The lowest BCUT2D eigenvalue weighted by Crippen LogP contribution is -1.99. The molecule has 0 amide bonds. The average Bonchev–Trinajstić information content (AvgIpc) is 3.08. The van der Waals surface area contributed by atoms with Crippen molar-refractivity contribution < 1.29 is 19.4 Å². The lowest BCUT2D eigenvalue weighted by molar-refractivity contribution is 0.101. The Labute approximate surface area is 124 Å². The first-order valence-electron chi connectivity index (χ1n) is 6.69. The van der Waals surface area contributed by atoms with Crippen molar-refractivity contribution in [2.24, 2.45) is 0 Å². The van der Waals surface area contributed by atoms with Crippen LogP contribution in [0.5, 0.6) is 11.5 Å². The zero-order valence-corrected chi connectivity index (χ0v) is 11.3. The van der Waals surface area contributed by atoms with Crippen LogP contribution in [0.1, 0.15) is 16.2 Å². The van der Waals surface area contributed by atoms with Crippen LogP contribution in [-0.2, 0) is 0 Å². The second-order valence-corrected chi connectivity index (χ2v) is 5.12. The van der Waals surface area contributed by atoms with Crippen molar-refractivity contribution in [2.75, 3.05) is 0 Å². The van der Waals surface area contributed by atoms with Crippen molar-refractivity contribution in [1.29, 1.82) is 0 Å². The fourth-order valence-corrected chi connectivity index (χ4v) is 2.52. The average molecular weight is 293 g/mol. The number of nitrogens with one attached hydrogen (secondary N) is 1. The van der Waals surface area contributed by atoms with Crippen molar-refractivity contribution in [1.82, 2.24) is 4.98 Å². The number of phenolic OH excluding ortho intramolecular Hbond substituents is 2. The Hall–Kier alpha value is -3.21. The smallest absolute Gasteiger partial charge is 0.244 e. The number of phenols is 2. The number of aromatic hydroxyl groups is 2. The molecule has 5 nitrogen and oxygen atoms in total. The molecule has 4 aromatic rings. The molecule has 0 unspecified atom stereocenters. The molecule has 0 aliphatic carbocycles. The molecule has 2 aromatic carbocycles. The maximum absolute atomic E-state index is 12.5. The normalized spacial score (nSPS) is 11.3. The van der Waals surface area contributed by atoms with E-state index in [1.165, 1.54) is 6.07 Å². The Bertz CT molecular complexity index is 944. The Morgan fingerprint density at radius 3 is 2.45 bits per heavy atom. The molecule has 2 aromatic heterocycles. The summed E-state index contributed by atoms with van der Waals surface area (Å²) in [7, 11) is 0. The zero-order valence-electron chi connectivity index (χ0n) is 11.3. The minimum Gasteiger partial charge on any atom is -0.508 e. The number of hydrogen-bond donors (Lipinski definition) is 3. The summed E-state index contributed by atoms with van der Waals surface area (Å²) in [6.07, 6.45) is 0. The van der Waals surface area contributed by atoms with E-state index < -0.39 is 0 Å². The summed E-state index contributed by atoms with van der Waals surface area (Å²) in [5.41, 5.74) is 1.67. The van der Waals surface area contributed by atoms with Crippen LogP contribution in [0.2, 0.25) is 0 Å². The molecule has 22 heavy (non-hydrogen) atoms. The van der Waals surface area contributed by atoms with Gasteiger partial charge in [-0.15, -0.1) is 0 Å². The van der Waals surface area contributed by atoms with E-state index in [2.05, 4.69) is 4.98 Å². The number of ketones is 1. The van der Waals surface area contributed by atoms with Gasteiger partial charge in [-0.25, -0.2) is 0 Å². The van der Waals surface area contributed by atoms with Gasteiger partial charge in [0.1, 0.15) is 17.1 Å². The molecule has 0 radical (unpaired) electrons. The highest BCUT2D eigenvalue weighted by Crippen LogP contribution is 2.26. The lowest BCUT2D eigenvalue weighted by Gasteiger charge is -1.92. The Morgan fingerprint density at radius 1 is 0.909 bits per heavy atom. The lowest BCUT2D eigenvalue weighted by atomic mass is 10.2. The second kappa shape index (κ2) is 4.39. The fourth-order valence-electron chi connectivity index (χ4n) is 2.52. The van der Waals surface area contributed by atoms with Crippen molar-refractivity contribution >= 4 is 27.7 Å². The largest absolute Gasteiger partial charge is 0.508 e. The molecule has 0 aliphatic heterocycles. The number of H-pyrrole nitrogens is 1. The van der Waals surface area contributed by atoms with Crippen LogP contribution in [0.3, 0.4) is 0 Å².